The first kappa shape index (κ1) is 39.1. The van der Waals surface area contributed by atoms with Gasteiger partial charge in [0.2, 0.25) is 53.2 Å². The van der Waals surface area contributed by atoms with E-state index in [9.17, 15) is 48.4 Å². The van der Waals surface area contributed by atoms with Gasteiger partial charge in [0.25, 0.3) is 0 Å². The molecule has 19 nitrogen and oxygen atoms in total. The average Bonchev–Trinajstić information content (AvgIpc) is 3.06. The van der Waals surface area contributed by atoms with Gasteiger partial charge < -0.3 is 48.3 Å². The Morgan fingerprint density at radius 1 is 0.857 bits per heavy atom. The van der Waals surface area contributed by atoms with Crippen molar-refractivity contribution in [1.29, 1.82) is 5.26 Å². The van der Waals surface area contributed by atoms with Crippen LogP contribution in [0.15, 0.2) is 24.3 Å². The first-order valence-electron chi connectivity index (χ1n) is 15.3. The summed E-state index contributed by atoms with van der Waals surface area (Å²) >= 11 is 0. The van der Waals surface area contributed by atoms with E-state index in [1.165, 1.54) is 13.0 Å². The Labute approximate surface area is 281 Å². The third-order valence-corrected chi connectivity index (χ3v) is 6.99. The van der Waals surface area contributed by atoms with Gasteiger partial charge >= 0.3 is 0 Å². The van der Waals surface area contributed by atoms with Crippen molar-refractivity contribution < 1.29 is 43.2 Å². The maximum atomic E-state index is 13.1. The maximum Gasteiger partial charge on any atom is 0.243 e. The van der Waals surface area contributed by atoms with Crippen molar-refractivity contribution in [3.05, 3.63) is 35.4 Å². The van der Waals surface area contributed by atoms with Crippen LogP contribution < -0.4 is 48.3 Å². The summed E-state index contributed by atoms with van der Waals surface area (Å²) in [6.45, 7) is -1.01. The molecule has 264 valence electrons. The normalized spacial score (nSPS) is 20.8. The van der Waals surface area contributed by atoms with Crippen molar-refractivity contribution in [2.75, 3.05) is 32.7 Å². The van der Waals surface area contributed by atoms with E-state index in [0.29, 0.717) is 5.56 Å². The predicted octanol–water partition coefficient (Wildman–Crippen LogP) is -4.78. The molecule has 10 N–H and O–H groups in total. The molecular formula is C30H40N10O9. The molecule has 0 aromatic heterocycles. The number of nitrogens with one attached hydrogen (secondary N) is 8. The van der Waals surface area contributed by atoms with E-state index in [4.69, 9.17) is 5.73 Å². The van der Waals surface area contributed by atoms with Gasteiger partial charge in [-0.3, -0.25) is 43.2 Å². The number of primary amides is 1. The molecule has 9 amide bonds. The standard InChI is InChI=1S/C30H40N10O9/c1-17(41)34-14-25(44)39-21-8-9-23(42)33-10-4-7-20(28(32)47)38-26(45)15-35-24(43)13-36-30(49)22(40-27(46)16-37-29(21)48)11-18-5-2-3-6-19(18)12-31/h2-3,5-6,20-22H,4,7-11,13-16H2,1H3,(H2,32,47)(H,33,42)(H,34,41)(H,35,43)(H,36,49)(H,37,48)(H,38,45)(H,39,44)(H,40,46). The fraction of sp³-hybridized carbons (Fsp3) is 0.467. The van der Waals surface area contributed by atoms with Crippen LogP contribution in [0.1, 0.15) is 43.7 Å². The molecule has 3 unspecified atom stereocenters. The number of hydrogen-bond acceptors (Lipinski definition) is 10. The summed E-state index contributed by atoms with van der Waals surface area (Å²) in [6, 6.07) is 4.54. The van der Waals surface area contributed by atoms with Gasteiger partial charge in [0.1, 0.15) is 18.1 Å². The molecule has 19 heteroatoms. The smallest absolute Gasteiger partial charge is 0.243 e. The largest absolute Gasteiger partial charge is 0.368 e. The lowest BCUT2D eigenvalue weighted by Gasteiger charge is -2.21. The Kier molecular flexibility index (Phi) is 16.2. The number of rotatable bonds is 6. The molecule has 0 spiro atoms. The van der Waals surface area contributed by atoms with Crippen LogP contribution in [0.5, 0.6) is 0 Å². The van der Waals surface area contributed by atoms with Crippen LogP contribution in [0.25, 0.3) is 0 Å². The van der Waals surface area contributed by atoms with Crippen LogP contribution in [0.3, 0.4) is 0 Å². The number of nitrogens with two attached hydrogens (primary N) is 1. The molecule has 1 aromatic carbocycles. The minimum Gasteiger partial charge on any atom is -0.368 e. The molecule has 3 atom stereocenters. The summed E-state index contributed by atoms with van der Waals surface area (Å²) in [5.74, 6) is -6.63. The molecule has 1 heterocycles. The van der Waals surface area contributed by atoms with E-state index in [-0.39, 0.29) is 44.2 Å². The van der Waals surface area contributed by atoms with E-state index in [0.717, 1.165) is 0 Å². The number of benzene rings is 1. The molecule has 1 aliphatic rings. The van der Waals surface area contributed by atoms with Gasteiger partial charge in [-0.2, -0.15) is 5.26 Å². The van der Waals surface area contributed by atoms with Crippen LogP contribution in [-0.2, 0) is 49.6 Å². The molecule has 2 rings (SSSR count). The van der Waals surface area contributed by atoms with Gasteiger partial charge in [0.15, 0.2) is 0 Å². The van der Waals surface area contributed by atoms with Gasteiger partial charge in [0.05, 0.1) is 37.8 Å². The fourth-order valence-electron chi connectivity index (χ4n) is 4.45. The Bertz CT molecular complexity index is 1480. The molecular weight excluding hydrogens is 644 g/mol. The number of nitrogens with zero attached hydrogens (tertiary/aromatic N) is 1. The van der Waals surface area contributed by atoms with E-state index < -0.39 is 97.5 Å². The van der Waals surface area contributed by atoms with Crippen molar-refractivity contribution in [3.8, 4) is 6.07 Å². The van der Waals surface area contributed by atoms with Crippen LogP contribution >= 0.6 is 0 Å². The monoisotopic (exact) mass is 684 g/mol. The zero-order valence-electron chi connectivity index (χ0n) is 26.8. The first-order chi connectivity index (χ1) is 23.3. The van der Waals surface area contributed by atoms with Gasteiger partial charge in [-0.25, -0.2) is 0 Å². The lowest BCUT2D eigenvalue weighted by Crippen LogP contribution is -2.54. The second-order valence-corrected chi connectivity index (χ2v) is 10.9. The second-order valence-electron chi connectivity index (χ2n) is 10.9. The maximum absolute atomic E-state index is 13.1. The quantitative estimate of drug-likeness (QED) is 0.138. The predicted molar refractivity (Wildman–Crippen MR) is 169 cm³/mol. The fourth-order valence-corrected chi connectivity index (χ4v) is 4.45. The Balaban J connectivity index is 2.28. The molecule has 1 aliphatic heterocycles. The molecule has 1 fully saturated rings. The molecule has 1 saturated heterocycles. The van der Waals surface area contributed by atoms with Crippen LogP contribution in [0.2, 0.25) is 0 Å². The summed E-state index contributed by atoms with van der Waals surface area (Å²) in [5.41, 5.74) is 6.00. The minimum absolute atomic E-state index is 0.0486. The van der Waals surface area contributed by atoms with E-state index >= 15 is 0 Å². The molecule has 0 saturated carbocycles. The summed E-state index contributed by atoms with van der Waals surface area (Å²) in [5, 5.41) is 28.6. The first-order valence-corrected chi connectivity index (χ1v) is 15.3. The third kappa shape index (κ3) is 14.9. The Morgan fingerprint density at radius 2 is 1.51 bits per heavy atom. The highest BCUT2D eigenvalue weighted by molar-refractivity contribution is 5.95. The molecule has 0 aliphatic carbocycles. The topological polar surface area (TPSA) is 300 Å². The van der Waals surface area contributed by atoms with Gasteiger partial charge in [-0.1, -0.05) is 18.2 Å². The number of nitriles is 1. The van der Waals surface area contributed by atoms with Crippen LogP contribution in [0, 0.1) is 11.3 Å². The minimum atomic E-state index is -1.33. The highest BCUT2D eigenvalue weighted by Gasteiger charge is 2.26. The molecule has 1 aromatic rings. The number of hydrogen-bond donors (Lipinski definition) is 9. The van der Waals surface area contributed by atoms with Crippen molar-refractivity contribution in [1.82, 2.24) is 42.5 Å². The van der Waals surface area contributed by atoms with E-state index in [1.807, 2.05) is 6.07 Å². The second kappa shape index (κ2) is 20.2. The number of carbonyl (C=O) groups excluding carboxylic acids is 9. The van der Waals surface area contributed by atoms with E-state index in [1.54, 1.807) is 18.2 Å². The Morgan fingerprint density at radius 3 is 2.20 bits per heavy atom. The average molecular weight is 685 g/mol. The van der Waals surface area contributed by atoms with Crippen molar-refractivity contribution in [3.63, 3.8) is 0 Å². The summed E-state index contributed by atoms with van der Waals surface area (Å²) < 4.78 is 0. The van der Waals surface area contributed by atoms with Crippen LogP contribution in [0.4, 0.5) is 0 Å². The number of carbonyl (C=O) groups is 9. The third-order valence-electron chi connectivity index (χ3n) is 6.99. The zero-order valence-corrected chi connectivity index (χ0v) is 26.8. The molecule has 0 bridgehead atoms. The highest BCUT2D eigenvalue weighted by atomic mass is 16.2. The summed E-state index contributed by atoms with van der Waals surface area (Å²) in [7, 11) is 0. The highest BCUT2D eigenvalue weighted by Crippen LogP contribution is 2.10. The van der Waals surface area contributed by atoms with Crippen molar-refractivity contribution >= 4 is 53.2 Å². The Hall–Kier alpha value is -6.06. The zero-order chi connectivity index (χ0) is 36.3. The number of amides is 9. The summed E-state index contributed by atoms with van der Waals surface area (Å²) in [4.78, 5) is 112. The summed E-state index contributed by atoms with van der Waals surface area (Å²) in [6.07, 6.45) is -0.370. The van der Waals surface area contributed by atoms with Gasteiger partial charge in [0, 0.05) is 26.3 Å². The van der Waals surface area contributed by atoms with Gasteiger partial charge in [-0.15, -0.1) is 0 Å². The van der Waals surface area contributed by atoms with Crippen molar-refractivity contribution in [2.45, 2.75) is 57.2 Å². The SMILES string of the molecule is CC(=O)NCC(=O)NC1CCC(=O)NCCCC(C(N)=O)NC(=O)CNC(=O)CNC(=O)C(Cc2ccccc2C#N)NC(=O)CNC1=O. The lowest BCUT2D eigenvalue weighted by atomic mass is 10.00. The molecule has 49 heavy (non-hydrogen) atoms. The van der Waals surface area contributed by atoms with Crippen LogP contribution in [-0.4, -0.2) is 104 Å². The van der Waals surface area contributed by atoms with Gasteiger partial charge in [-0.05, 0) is 30.9 Å². The van der Waals surface area contributed by atoms with E-state index in [2.05, 4.69) is 42.5 Å². The van der Waals surface area contributed by atoms with Crippen molar-refractivity contribution in [2.24, 2.45) is 5.73 Å². The lowest BCUT2D eigenvalue weighted by molar-refractivity contribution is -0.132. The molecule has 0 radical (unpaired) electrons.